The number of hydrogen-bond donors (Lipinski definition) is 3. The molecule has 10 heteroatoms. The zero-order valence-corrected chi connectivity index (χ0v) is 18.0. The molecule has 2 aromatic carbocycles. The number of hydrogen-bond acceptors (Lipinski definition) is 5. The van der Waals surface area contributed by atoms with Crippen LogP contribution in [0.25, 0.3) is 27.9 Å². The van der Waals surface area contributed by atoms with Gasteiger partial charge in [-0.15, -0.1) is 0 Å². The molecule has 2 amide bonds. The van der Waals surface area contributed by atoms with E-state index in [1.165, 1.54) is 12.1 Å². The van der Waals surface area contributed by atoms with Crippen LogP contribution in [0.15, 0.2) is 61.1 Å². The summed E-state index contributed by atoms with van der Waals surface area (Å²) in [6, 6.07) is 11.6. The molecule has 3 aromatic heterocycles. The highest BCUT2D eigenvalue weighted by molar-refractivity contribution is 5.90. The lowest BCUT2D eigenvalue weighted by Crippen LogP contribution is -2.24. The Morgan fingerprint density at radius 2 is 1.94 bits per heavy atom. The van der Waals surface area contributed by atoms with E-state index in [-0.39, 0.29) is 11.8 Å². The molecule has 0 spiro atoms. The van der Waals surface area contributed by atoms with Crippen LogP contribution in [-0.4, -0.2) is 37.2 Å². The molecule has 0 aliphatic heterocycles. The van der Waals surface area contributed by atoms with Crippen molar-refractivity contribution in [2.45, 2.75) is 6.54 Å². The van der Waals surface area contributed by atoms with Gasteiger partial charge in [0.15, 0.2) is 11.5 Å². The van der Waals surface area contributed by atoms with Crippen molar-refractivity contribution in [2.24, 2.45) is 7.05 Å². The second kappa shape index (κ2) is 8.23. The molecule has 166 valence electrons. The SMILES string of the molecule is CNC(=O)Nc1ccc(-c2cnc3c(NCc4cnn(C)c4)nc4ccc(F)cc4n23)cc1. The fraction of sp³-hybridized carbons (Fsp3) is 0.130. The third-order valence-corrected chi connectivity index (χ3v) is 5.27. The minimum absolute atomic E-state index is 0.297. The molecule has 0 saturated carbocycles. The van der Waals surface area contributed by atoms with Gasteiger partial charge < -0.3 is 16.0 Å². The summed E-state index contributed by atoms with van der Waals surface area (Å²) < 4.78 is 17.8. The van der Waals surface area contributed by atoms with Crippen LogP contribution in [0.5, 0.6) is 0 Å². The van der Waals surface area contributed by atoms with Crippen molar-refractivity contribution < 1.29 is 9.18 Å². The van der Waals surface area contributed by atoms with Gasteiger partial charge in [-0.05, 0) is 24.3 Å². The normalized spacial score (nSPS) is 11.1. The van der Waals surface area contributed by atoms with Gasteiger partial charge in [0.2, 0.25) is 0 Å². The van der Waals surface area contributed by atoms with Crippen molar-refractivity contribution in [3.05, 3.63) is 72.4 Å². The zero-order chi connectivity index (χ0) is 22.9. The Morgan fingerprint density at radius 1 is 1.12 bits per heavy atom. The minimum Gasteiger partial charge on any atom is -0.363 e. The number of aromatic nitrogens is 5. The lowest BCUT2D eigenvalue weighted by molar-refractivity contribution is 0.254. The number of urea groups is 1. The van der Waals surface area contributed by atoms with Crippen LogP contribution < -0.4 is 16.0 Å². The lowest BCUT2D eigenvalue weighted by Gasteiger charge is -2.12. The van der Waals surface area contributed by atoms with E-state index in [9.17, 15) is 9.18 Å². The number of amides is 2. The van der Waals surface area contributed by atoms with Crippen molar-refractivity contribution in [3.63, 3.8) is 0 Å². The van der Waals surface area contributed by atoms with Crippen molar-refractivity contribution in [2.75, 3.05) is 17.7 Å². The highest BCUT2D eigenvalue weighted by Gasteiger charge is 2.16. The van der Waals surface area contributed by atoms with Gasteiger partial charge in [-0.1, -0.05) is 12.1 Å². The second-order valence-electron chi connectivity index (χ2n) is 7.55. The maximum Gasteiger partial charge on any atom is 0.318 e. The monoisotopic (exact) mass is 444 g/mol. The third-order valence-electron chi connectivity index (χ3n) is 5.27. The summed E-state index contributed by atoms with van der Waals surface area (Å²) in [6.45, 7) is 0.519. The zero-order valence-electron chi connectivity index (χ0n) is 18.0. The molecule has 0 aliphatic rings. The average Bonchev–Trinajstić information content (AvgIpc) is 3.45. The van der Waals surface area contributed by atoms with Gasteiger partial charge in [-0.3, -0.25) is 9.08 Å². The molecule has 3 N–H and O–H groups in total. The summed E-state index contributed by atoms with van der Waals surface area (Å²) in [5.74, 6) is 0.230. The number of carbonyl (C=O) groups excluding carboxylic acids is 1. The molecule has 5 aromatic rings. The average molecular weight is 444 g/mol. The number of halogens is 1. The summed E-state index contributed by atoms with van der Waals surface area (Å²) in [5.41, 5.74) is 5.12. The number of anilines is 2. The number of fused-ring (bicyclic) bond motifs is 3. The maximum absolute atomic E-state index is 14.2. The topological polar surface area (TPSA) is 101 Å². The highest BCUT2D eigenvalue weighted by atomic mass is 19.1. The van der Waals surface area contributed by atoms with E-state index < -0.39 is 0 Å². The van der Waals surface area contributed by atoms with Crippen molar-refractivity contribution in [3.8, 4) is 11.3 Å². The first-order valence-electron chi connectivity index (χ1n) is 10.3. The van der Waals surface area contributed by atoms with Crippen molar-refractivity contribution in [1.82, 2.24) is 29.5 Å². The van der Waals surface area contributed by atoms with Crippen LogP contribution in [0, 0.1) is 5.82 Å². The summed E-state index contributed by atoms with van der Waals surface area (Å²) in [5, 5.41) is 12.8. The molecule has 0 bridgehead atoms. The molecular formula is C23H21FN8O. The molecule has 9 nitrogen and oxygen atoms in total. The minimum atomic E-state index is -0.355. The van der Waals surface area contributed by atoms with E-state index >= 15 is 0 Å². The van der Waals surface area contributed by atoms with E-state index in [4.69, 9.17) is 0 Å². The quantitative estimate of drug-likeness (QED) is 0.383. The molecular weight excluding hydrogens is 423 g/mol. The Hall–Kier alpha value is -4.47. The number of benzene rings is 2. The summed E-state index contributed by atoms with van der Waals surface area (Å²) in [7, 11) is 3.42. The van der Waals surface area contributed by atoms with E-state index in [2.05, 4.69) is 31.0 Å². The molecule has 33 heavy (non-hydrogen) atoms. The Morgan fingerprint density at radius 3 is 2.67 bits per heavy atom. The number of aryl methyl sites for hydroxylation is 1. The highest BCUT2D eigenvalue weighted by Crippen LogP contribution is 2.29. The van der Waals surface area contributed by atoms with Gasteiger partial charge in [0.05, 0.1) is 29.1 Å². The smallest absolute Gasteiger partial charge is 0.318 e. The number of nitrogens with zero attached hydrogens (tertiary/aromatic N) is 5. The van der Waals surface area contributed by atoms with E-state index in [1.54, 1.807) is 42.3 Å². The van der Waals surface area contributed by atoms with Gasteiger partial charge in [0.1, 0.15) is 5.82 Å². The number of imidazole rings is 1. The molecule has 0 radical (unpaired) electrons. The Kier molecular flexibility index (Phi) is 5.09. The van der Waals surface area contributed by atoms with Crippen LogP contribution in [0.1, 0.15) is 5.56 Å². The Bertz CT molecular complexity index is 1470. The summed E-state index contributed by atoms with van der Waals surface area (Å²) >= 11 is 0. The van der Waals surface area contributed by atoms with Crippen molar-refractivity contribution >= 4 is 34.2 Å². The first-order valence-corrected chi connectivity index (χ1v) is 10.3. The number of carbonyl (C=O) groups is 1. The van der Waals surface area contributed by atoms with Gasteiger partial charge in [0, 0.05) is 49.7 Å². The largest absolute Gasteiger partial charge is 0.363 e. The fourth-order valence-electron chi connectivity index (χ4n) is 3.69. The molecule has 0 aliphatic carbocycles. The number of nitrogens with one attached hydrogen (secondary N) is 3. The van der Waals surface area contributed by atoms with Crippen LogP contribution >= 0.6 is 0 Å². The first-order chi connectivity index (χ1) is 16.0. The van der Waals surface area contributed by atoms with Crippen molar-refractivity contribution in [1.29, 1.82) is 0 Å². The number of rotatable bonds is 5. The fourth-order valence-corrected chi connectivity index (χ4v) is 3.69. The second-order valence-corrected chi connectivity index (χ2v) is 7.55. The molecule has 0 fully saturated rings. The van der Waals surface area contributed by atoms with E-state index in [0.29, 0.717) is 34.7 Å². The Balaban J connectivity index is 1.59. The van der Waals surface area contributed by atoms with Gasteiger partial charge >= 0.3 is 6.03 Å². The standard InChI is InChI=1S/C23H21FN8O/c1-25-23(33)29-17-6-3-15(4-7-17)20-12-27-22-21(26-10-14-11-28-31(2)13-14)30-18-8-5-16(24)9-19(18)32(20)22/h3-9,11-13H,10H2,1-2H3,(H,26,30)(H2,25,29,33). The van der Waals surface area contributed by atoms with Gasteiger partial charge in [-0.25, -0.2) is 19.2 Å². The third kappa shape index (κ3) is 3.93. The molecule has 5 rings (SSSR count). The maximum atomic E-state index is 14.2. The summed E-state index contributed by atoms with van der Waals surface area (Å²) in [6.07, 6.45) is 5.44. The lowest BCUT2D eigenvalue weighted by atomic mass is 10.1. The predicted octanol–water partition coefficient (Wildman–Crippen LogP) is 3.79. The van der Waals surface area contributed by atoms with E-state index in [0.717, 1.165) is 16.8 Å². The molecule has 0 atom stereocenters. The van der Waals surface area contributed by atoms with E-state index in [1.807, 2.05) is 29.8 Å². The first kappa shape index (κ1) is 20.4. The Labute approximate surface area is 188 Å². The van der Waals surface area contributed by atoms with Crippen LogP contribution in [0.4, 0.5) is 20.7 Å². The molecule has 0 unspecified atom stereocenters. The van der Waals surface area contributed by atoms with Gasteiger partial charge in [0.25, 0.3) is 0 Å². The van der Waals surface area contributed by atoms with Crippen LogP contribution in [-0.2, 0) is 13.6 Å². The molecule has 3 heterocycles. The van der Waals surface area contributed by atoms with Gasteiger partial charge in [-0.2, -0.15) is 5.10 Å². The van der Waals surface area contributed by atoms with Crippen LogP contribution in [0.2, 0.25) is 0 Å². The predicted molar refractivity (Wildman–Crippen MR) is 125 cm³/mol. The van der Waals surface area contributed by atoms with Crippen LogP contribution in [0.3, 0.4) is 0 Å². The molecule has 0 saturated heterocycles. The summed E-state index contributed by atoms with van der Waals surface area (Å²) in [4.78, 5) is 20.8.